The number of nitrogens with zero attached hydrogens (tertiary/aromatic N) is 1. The molecule has 1 aromatic rings. The van der Waals surface area contributed by atoms with Gasteiger partial charge in [0.05, 0.1) is 19.1 Å². The first-order valence-electron chi connectivity index (χ1n) is 7.45. The van der Waals surface area contributed by atoms with Crippen molar-refractivity contribution in [3.8, 4) is 5.75 Å². The van der Waals surface area contributed by atoms with Crippen molar-refractivity contribution >= 4 is 9.84 Å². The molecule has 0 aliphatic heterocycles. The summed E-state index contributed by atoms with van der Waals surface area (Å²) in [6, 6.07) is 2.02. The standard InChI is InChI=1S/C15H26N2O3S/c1-4-9-17-14(7-6-11-21(18,19)5-2)13-8-10-16-12-15(13)20-3/h8,10,12,14,17H,4-7,9,11H2,1-3H3. The maximum Gasteiger partial charge on any atom is 0.150 e. The van der Waals surface area contributed by atoms with Crippen LogP contribution in [0.2, 0.25) is 0 Å². The van der Waals surface area contributed by atoms with Crippen LogP contribution >= 0.6 is 0 Å². The van der Waals surface area contributed by atoms with Gasteiger partial charge in [0.2, 0.25) is 0 Å². The predicted molar refractivity (Wildman–Crippen MR) is 85.4 cm³/mol. The summed E-state index contributed by atoms with van der Waals surface area (Å²) >= 11 is 0. The molecule has 1 unspecified atom stereocenters. The summed E-state index contributed by atoms with van der Waals surface area (Å²) in [5, 5.41) is 3.46. The molecule has 0 spiro atoms. The van der Waals surface area contributed by atoms with Crippen LogP contribution in [-0.2, 0) is 9.84 Å². The summed E-state index contributed by atoms with van der Waals surface area (Å²) in [4.78, 5) is 4.06. The van der Waals surface area contributed by atoms with Gasteiger partial charge >= 0.3 is 0 Å². The van der Waals surface area contributed by atoms with Crippen LogP contribution < -0.4 is 10.1 Å². The number of ether oxygens (including phenoxy) is 1. The molecular weight excluding hydrogens is 288 g/mol. The first-order chi connectivity index (χ1) is 10.0. The Kier molecular flexibility index (Phi) is 7.67. The summed E-state index contributed by atoms with van der Waals surface area (Å²) in [6.07, 6.45) is 5.86. The molecule has 1 atom stereocenters. The number of aromatic nitrogens is 1. The van der Waals surface area contributed by atoms with Gasteiger partial charge in [0.15, 0.2) is 0 Å². The fourth-order valence-corrected chi connectivity index (χ4v) is 3.08. The van der Waals surface area contributed by atoms with Crippen LogP contribution in [-0.4, -0.2) is 38.6 Å². The van der Waals surface area contributed by atoms with Gasteiger partial charge < -0.3 is 10.1 Å². The van der Waals surface area contributed by atoms with Crippen LogP contribution in [0, 0.1) is 0 Å². The third kappa shape index (κ3) is 6.01. The van der Waals surface area contributed by atoms with Crippen LogP contribution in [0.1, 0.15) is 44.7 Å². The molecule has 0 aliphatic carbocycles. The number of nitrogens with one attached hydrogen (secondary N) is 1. The van der Waals surface area contributed by atoms with Gasteiger partial charge in [-0.15, -0.1) is 0 Å². The number of rotatable bonds is 10. The third-order valence-electron chi connectivity index (χ3n) is 3.44. The second-order valence-electron chi connectivity index (χ2n) is 5.00. The molecule has 5 nitrogen and oxygen atoms in total. The summed E-state index contributed by atoms with van der Waals surface area (Å²) in [5.41, 5.74) is 1.04. The number of hydrogen-bond acceptors (Lipinski definition) is 5. The van der Waals surface area contributed by atoms with E-state index in [-0.39, 0.29) is 17.5 Å². The molecule has 0 saturated heterocycles. The van der Waals surface area contributed by atoms with E-state index in [9.17, 15) is 8.42 Å². The summed E-state index contributed by atoms with van der Waals surface area (Å²) < 4.78 is 28.6. The van der Waals surface area contributed by atoms with Crippen LogP contribution in [0.15, 0.2) is 18.5 Å². The number of hydrogen-bond donors (Lipinski definition) is 1. The molecule has 0 radical (unpaired) electrons. The highest BCUT2D eigenvalue weighted by Crippen LogP contribution is 2.27. The van der Waals surface area contributed by atoms with Gasteiger partial charge in [-0.25, -0.2) is 8.42 Å². The average molecular weight is 314 g/mol. The summed E-state index contributed by atoms with van der Waals surface area (Å²) in [7, 11) is -1.28. The SMILES string of the molecule is CCCNC(CCCS(=O)(=O)CC)c1ccncc1OC. The monoisotopic (exact) mass is 314 g/mol. The molecule has 120 valence electrons. The number of pyridine rings is 1. The van der Waals surface area contributed by atoms with E-state index in [1.807, 2.05) is 6.07 Å². The predicted octanol–water partition coefficient (Wildman–Crippen LogP) is 2.35. The first-order valence-corrected chi connectivity index (χ1v) is 9.27. The molecule has 0 aliphatic rings. The highest BCUT2D eigenvalue weighted by Gasteiger charge is 2.17. The molecule has 0 amide bonds. The van der Waals surface area contributed by atoms with E-state index >= 15 is 0 Å². The second-order valence-corrected chi connectivity index (χ2v) is 7.48. The molecule has 1 heterocycles. The molecule has 6 heteroatoms. The lowest BCUT2D eigenvalue weighted by molar-refractivity contribution is 0.392. The maximum absolute atomic E-state index is 11.6. The van der Waals surface area contributed by atoms with Crippen LogP contribution in [0.5, 0.6) is 5.75 Å². The van der Waals surface area contributed by atoms with E-state index in [0.717, 1.165) is 30.7 Å². The van der Waals surface area contributed by atoms with Gasteiger partial charge in [0.1, 0.15) is 15.6 Å². The smallest absolute Gasteiger partial charge is 0.150 e. The van der Waals surface area contributed by atoms with Gasteiger partial charge in [-0.1, -0.05) is 13.8 Å². The Labute approximate surface area is 128 Å². The fraction of sp³-hybridized carbons (Fsp3) is 0.667. The van der Waals surface area contributed by atoms with Crippen molar-refractivity contribution in [3.63, 3.8) is 0 Å². The van der Waals surface area contributed by atoms with Crippen molar-refractivity contribution in [2.24, 2.45) is 0 Å². The van der Waals surface area contributed by atoms with Crippen LogP contribution in [0.25, 0.3) is 0 Å². The molecule has 0 fully saturated rings. The van der Waals surface area contributed by atoms with Crippen molar-refractivity contribution < 1.29 is 13.2 Å². The van der Waals surface area contributed by atoms with Gasteiger partial charge in [0.25, 0.3) is 0 Å². The van der Waals surface area contributed by atoms with Crippen LogP contribution in [0.3, 0.4) is 0 Å². The number of sulfone groups is 1. The summed E-state index contributed by atoms with van der Waals surface area (Å²) in [5.74, 6) is 1.18. The fourth-order valence-electron chi connectivity index (χ4n) is 2.19. The van der Waals surface area contributed by atoms with E-state index in [2.05, 4.69) is 17.2 Å². The van der Waals surface area contributed by atoms with E-state index < -0.39 is 9.84 Å². The average Bonchev–Trinajstić information content (AvgIpc) is 2.50. The zero-order valence-electron chi connectivity index (χ0n) is 13.1. The normalized spacial score (nSPS) is 13.1. The van der Waals surface area contributed by atoms with Gasteiger partial charge in [-0.2, -0.15) is 0 Å². The minimum absolute atomic E-state index is 0.0926. The van der Waals surface area contributed by atoms with Crippen molar-refractivity contribution in [2.45, 2.75) is 39.2 Å². The molecule has 0 bridgehead atoms. The highest BCUT2D eigenvalue weighted by molar-refractivity contribution is 7.91. The zero-order valence-corrected chi connectivity index (χ0v) is 13.9. The quantitative estimate of drug-likeness (QED) is 0.718. The molecular formula is C15H26N2O3S. The molecule has 1 N–H and O–H groups in total. The highest BCUT2D eigenvalue weighted by atomic mass is 32.2. The van der Waals surface area contributed by atoms with Crippen molar-refractivity contribution in [1.29, 1.82) is 0 Å². The second kappa shape index (κ2) is 9.00. The molecule has 1 rings (SSSR count). The van der Waals surface area contributed by atoms with E-state index in [4.69, 9.17) is 4.74 Å². The Morgan fingerprint density at radius 1 is 1.38 bits per heavy atom. The van der Waals surface area contributed by atoms with Crippen molar-refractivity contribution in [2.75, 3.05) is 25.2 Å². The Bertz CT molecular complexity index is 517. The lowest BCUT2D eigenvalue weighted by Crippen LogP contribution is -2.23. The van der Waals surface area contributed by atoms with Gasteiger partial charge in [-0.3, -0.25) is 4.98 Å². The molecule has 1 aromatic heterocycles. The third-order valence-corrected chi connectivity index (χ3v) is 5.23. The maximum atomic E-state index is 11.6. The topological polar surface area (TPSA) is 68.3 Å². The molecule has 21 heavy (non-hydrogen) atoms. The zero-order chi connectivity index (χ0) is 15.7. The first kappa shape index (κ1) is 17.9. The van der Waals surface area contributed by atoms with E-state index in [0.29, 0.717) is 6.42 Å². The molecule has 0 saturated carbocycles. The van der Waals surface area contributed by atoms with E-state index in [1.54, 1.807) is 26.4 Å². The number of methoxy groups -OCH3 is 1. The van der Waals surface area contributed by atoms with Gasteiger partial charge in [-0.05, 0) is 31.9 Å². The van der Waals surface area contributed by atoms with Crippen molar-refractivity contribution in [1.82, 2.24) is 10.3 Å². The largest absolute Gasteiger partial charge is 0.495 e. The minimum Gasteiger partial charge on any atom is -0.495 e. The van der Waals surface area contributed by atoms with Crippen LogP contribution in [0.4, 0.5) is 0 Å². The lowest BCUT2D eigenvalue weighted by atomic mass is 10.0. The summed E-state index contributed by atoms with van der Waals surface area (Å²) in [6.45, 7) is 4.68. The molecule has 0 aromatic carbocycles. The Hall–Kier alpha value is -1.14. The Morgan fingerprint density at radius 2 is 2.14 bits per heavy atom. The van der Waals surface area contributed by atoms with Gasteiger partial charge in [0, 0.05) is 23.6 Å². The Balaban J connectivity index is 2.76. The van der Waals surface area contributed by atoms with E-state index in [1.165, 1.54) is 0 Å². The minimum atomic E-state index is -2.90. The van der Waals surface area contributed by atoms with Crippen molar-refractivity contribution in [3.05, 3.63) is 24.0 Å². The lowest BCUT2D eigenvalue weighted by Gasteiger charge is -2.21. The Morgan fingerprint density at radius 3 is 2.76 bits per heavy atom.